The first-order valence-electron chi connectivity index (χ1n) is 3.74. The van der Waals surface area contributed by atoms with Crippen molar-refractivity contribution in [3.63, 3.8) is 0 Å². The fraction of sp³-hybridized carbons (Fsp3) is 0.125. The number of nitrogens with two attached hydrogens (primary N) is 2. The first kappa shape index (κ1) is 9.67. The third-order valence-electron chi connectivity index (χ3n) is 1.38. The lowest BCUT2D eigenvalue weighted by molar-refractivity contribution is 0.741. The highest BCUT2D eigenvalue weighted by molar-refractivity contribution is 6.30. The Kier molecular flexibility index (Phi) is 3.40. The molecule has 0 aromatic heterocycles. The molecule has 0 radical (unpaired) electrons. The van der Waals surface area contributed by atoms with Crippen molar-refractivity contribution in [1.82, 2.24) is 5.43 Å². The SMILES string of the molecule is NC(N)=NNCc1cccc(Cl)c1. The Morgan fingerprint density at radius 2 is 2.23 bits per heavy atom. The van der Waals surface area contributed by atoms with Gasteiger partial charge in [0.15, 0.2) is 0 Å². The van der Waals surface area contributed by atoms with Crippen LogP contribution in [-0.2, 0) is 6.54 Å². The molecule has 70 valence electrons. The van der Waals surface area contributed by atoms with E-state index in [1.807, 2.05) is 24.3 Å². The number of nitrogens with one attached hydrogen (secondary N) is 1. The van der Waals surface area contributed by atoms with Gasteiger partial charge < -0.3 is 16.9 Å². The Labute approximate surface area is 81.6 Å². The molecule has 0 amide bonds. The molecule has 4 nitrogen and oxygen atoms in total. The predicted octanol–water partition coefficient (Wildman–Crippen LogP) is 0.618. The number of hydrazone groups is 1. The average molecular weight is 199 g/mol. The van der Waals surface area contributed by atoms with Gasteiger partial charge in [0.25, 0.3) is 0 Å². The van der Waals surface area contributed by atoms with Crippen LogP contribution < -0.4 is 16.9 Å². The van der Waals surface area contributed by atoms with E-state index in [0.717, 1.165) is 5.56 Å². The summed E-state index contributed by atoms with van der Waals surface area (Å²) in [5, 5.41) is 4.33. The summed E-state index contributed by atoms with van der Waals surface area (Å²) in [5.41, 5.74) is 14.0. The number of hydrogen-bond donors (Lipinski definition) is 3. The van der Waals surface area contributed by atoms with Crippen molar-refractivity contribution >= 4 is 17.6 Å². The summed E-state index contributed by atoms with van der Waals surface area (Å²) in [6, 6.07) is 7.46. The maximum atomic E-state index is 5.77. The molecule has 1 aromatic carbocycles. The topological polar surface area (TPSA) is 76.4 Å². The number of nitrogens with zero attached hydrogens (tertiary/aromatic N) is 1. The molecule has 0 atom stereocenters. The lowest BCUT2D eigenvalue weighted by Gasteiger charge is -2.01. The molecule has 0 aliphatic heterocycles. The molecule has 0 spiro atoms. The van der Waals surface area contributed by atoms with Crippen molar-refractivity contribution in [1.29, 1.82) is 0 Å². The van der Waals surface area contributed by atoms with Crippen LogP contribution in [0.2, 0.25) is 5.02 Å². The van der Waals surface area contributed by atoms with E-state index >= 15 is 0 Å². The number of benzene rings is 1. The monoisotopic (exact) mass is 198 g/mol. The minimum absolute atomic E-state index is 0.0158. The predicted molar refractivity (Wildman–Crippen MR) is 54.1 cm³/mol. The summed E-state index contributed by atoms with van der Waals surface area (Å²) in [5.74, 6) is 0.0158. The van der Waals surface area contributed by atoms with E-state index in [1.165, 1.54) is 0 Å². The molecular weight excluding hydrogens is 188 g/mol. The largest absolute Gasteiger partial charge is 0.369 e. The van der Waals surface area contributed by atoms with Crippen LogP contribution in [0.4, 0.5) is 0 Å². The fourth-order valence-electron chi connectivity index (χ4n) is 0.869. The number of guanidine groups is 1. The molecule has 0 heterocycles. The quantitative estimate of drug-likeness (QED) is 0.379. The Balaban J connectivity index is 2.50. The van der Waals surface area contributed by atoms with E-state index in [0.29, 0.717) is 11.6 Å². The maximum Gasteiger partial charge on any atom is 0.208 e. The summed E-state index contributed by atoms with van der Waals surface area (Å²) >= 11 is 5.77. The van der Waals surface area contributed by atoms with Crippen molar-refractivity contribution in [2.75, 3.05) is 0 Å². The third kappa shape index (κ3) is 3.66. The van der Waals surface area contributed by atoms with E-state index < -0.39 is 0 Å². The second-order valence-corrected chi connectivity index (χ2v) is 2.94. The standard InChI is InChI=1S/C8H11ClN4/c9-7-3-1-2-6(4-7)5-12-13-8(10)11/h1-4,12H,5H2,(H4,10,11,13). The molecule has 0 saturated carbocycles. The van der Waals surface area contributed by atoms with Gasteiger partial charge in [0, 0.05) is 5.02 Å². The van der Waals surface area contributed by atoms with E-state index in [1.54, 1.807) is 0 Å². The molecule has 13 heavy (non-hydrogen) atoms. The van der Waals surface area contributed by atoms with Crippen LogP contribution in [0.5, 0.6) is 0 Å². The summed E-state index contributed by atoms with van der Waals surface area (Å²) in [7, 11) is 0. The van der Waals surface area contributed by atoms with Crippen LogP contribution >= 0.6 is 11.6 Å². The van der Waals surface area contributed by atoms with Crippen molar-refractivity contribution in [3.8, 4) is 0 Å². The van der Waals surface area contributed by atoms with Crippen LogP contribution in [0.3, 0.4) is 0 Å². The number of halogens is 1. The number of hydrogen-bond acceptors (Lipinski definition) is 2. The Hall–Kier alpha value is -1.42. The van der Waals surface area contributed by atoms with Crippen LogP contribution in [0.1, 0.15) is 5.56 Å². The second-order valence-electron chi connectivity index (χ2n) is 2.50. The van der Waals surface area contributed by atoms with Gasteiger partial charge >= 0.3 is 0 Å². The normalized spacial score (nSPS) is 9.31. The molecule has 0 fully saturated rings. The highest BCUT2D eigenvalue weighted by Gasteiger charge is 1.91. The van der Waals surface area contributed by atoms with Crippen molar-refractivity contribution in [3.05, 3.63) is 34.9 Å². The zero-order chi connectivity index (χ0) is 9.68. The molecule has 0 aliphatic rings. The summed E-state index contributed by atoms with van der Waals surface area (Å²) in [6.07, 6.45) is 0. The highest BCUT2D eigenvalue weighted by atomic mass is 35.5. The van der Waals surface area contributed by atoms with Gasteiger partial charge in [-0.1, -0.05) is 23.7 Å². The van der Waals surface area contributed by atoms with Crippen LogP contribution in [0.25, 0.3) is 0 Å². The molecule has 0 aliphatic carbocycles. The van der Waals surface area contributed by atoms with Crippen LogP contribution in [0.15, 0.2) is 29.4 Å². The minimum Gasteiger partial charge on any atom is -0.369 e. The van der Waals surface area contributed by atoms with Crippen molar-refractivity contribution < 1.29 is 0 Å². The lowest BCUT2D eigenvalue weighted by Crippen LogP contribution is -2.26. The smallest absolute Gasteiger partial charge is 0.208 e. The molecule has 0 saturated heterocycles. The Morgan fingerprint density at radius 3 is 2.85 bits per heavy atom. The summed E-state index contributed by atoms with van der Waals surface area (Å²) in [4.78, 5) is 0. The molecule has 0 unspecified atom stereocenters. The van der Waals surface area contributed by atoms with E-state index in [2.05, 4.69) is 10.5 Å². The molecule has 5 heteroatoms. The molecular formula is C8H11ClN4. The average Bonchev–Trinajstić information content (AvgIpc) is 2.03. The number of rotatable bonds is 3. The molecule has 5 N–H and O–H groups in total. The Morgan fingerprint density at radius 1 is 1.46 bits per heavy atom. The zero-order valence-corrected chi connectivity index (χ0v) is 7.75. The highest BCUT2D eigenvalue weighted by Crippen LogP contribution is 2.09. The van der Waals surface area contributed by atoms with Gasteiger partial charge in [-0.2, -0.15) is 0 Å². The van der Waals surface area contributed by atoms with E-state index in [4.69, 9.17) is 23.1 Å². The fourth-order valence-corrected chi connectivity index (χ4v) is 1.08. The maximum absolute atomic E-state index is 5.77. The minimum atomic E-state index is 0.0158. The first-order chi connectivity index (χ1) is 6.18. The Bertz CT molecular complexity index is 307. The second kappa shape index (κ2) is 4.57. The molecule has 0 bridgehead atoms. The van der Waals surface area contributed by atoms with E-state index in [-0.39, 0.29) is 5.96 Å². The van der Waals surface area contributed by atoms with Gasteiger partial charge in [0.2, 0.25) is 5.96 Å². The van der Waals surface area contributed by atoms with Gasteiger partial charge in [-0.3, -0.25) is 0 Å². The third-order valence-corrected chi connectivity index (χ3v) is 1.62. The van der Waals surface area contributed by atoms with E-state index in [9.17, 15) is 0 Å². The molecule has 1 rings (SSSR count). The molecule has 1 aromatic rings. The van der Waals surface area contributed by atoms with Gasteiger partial charge in [-0.25, -0.2) is 0 Å². The van der Waals surface area contributed by atoms with Crippen molar-refractivity contribution in [2.45, 2.75) is 6.54 Å². The van der Waals surface area contributed by atoms with Gasteiger partial charge in [-0.05, 0) is 17.7 Å². The van der Waals surface area contributed by atoms with Gasteiger partial charge in [0.05, 0.1) is 6.54 Å². The van der Waals surface area contributed by atoms with Gasteiger partial charge in [-0.15, -0.1) is 5.10 Å². The van der Waals surface area contributed by atoms with Crippen LogP contribution in [-0.4, -0.2) is 5.96 Å². The van der Waals surface area contributed by atoms with Crippen LogP contribution in [0, 0.1) is 0 Å². The summed E-state index contributed by atoms with van der Waals surface area (Å²) in [6.45, 7) is 0.554. The zero-order valence-electron chi connectivity index (χ0n) is 7.00. The summed E-state index contributed by atoms with van der Waals surface area (Å²) < 4.78 is 0. The first-order valence-corrected chi connectivity index (χ1v) is 4.12. The lowest BCUT2D eigenvalue weighted by atomic mass is 10.2. The van der Waals surface area contributed by atoms with Crippen molar-refractivity contribution in [2.24, 2.45) is 16.6 Å². The van der Waals surface area contributed by atoms with Gasteiger partial charge in [0.1, 0.15) is 0 Å².